The Morgan fingerprint density at radius 2 is 1.87 bits per heavy atom. The molecule has 4 aliphatic carbocycles. The Kier molecular flexibility index (Phi) is 3.31. The lowest BCUT2D eigenvalue weighted by atomic mass is 9.47. The monoisotopic (exact) mass is 316 g/mol. The molecule has 3 saturated carbocycles. The average Bonchev–Trinajstić information content (AvgIpc) is 2.85. The van der Waals surface area contributed by atoms with E-state index in [1.54, 1.807) is 0 Å². The van der Waals surface area contributed by atoms with Gasteiger partial charge in [-0.15, -0.1) is 0 Å². The molecule has 0 aromatic carbocycles. The van der Waals surface area contributed by atoms with Crippen molar-refractivity contribution in [2.24, 2.45) is 34.5 Å². The van der Waals surface area contributed by atoms with E-state index in [0.717, 1.165) is 44.9 Å². The summed E-state index contributed by atoms with van der Waals surface area (Å²) in [7, 11) is 0. The van der Waals surface area contributed by atoms with Crippen LogP contribution in [0.5, 0.6) is 0 Å². The summed E-state index contributed by atoms with van der Waals surface area (Å²) in [6, 6.07) is 0. The third-order valence-electron chi connectivity index (χ3n) is 8.26. The first kappa shape index (κ1) is 15.4. The molecule has 0 aromatic rings. The summed E-state index contributed by atoms with van der Waals surface area (Å²) in [5.41, 5.74) is 1.58. The van der Waals surface area contributed by atoms with Crippen molar-refractivity contribution in [1.82, 2.24) is 0 Å². The zero-order chi connectivity index (χ0) is 16.4. The highest BCUT2D eigenvalue weighted by molar-refractivity contribution is 5.91. The van der Waals surface area contributed by atoms with Crippen molar-refractivity contribution in [3.63, 3.8) is 0 Å². The van der Waals surface area contributed by atoms with Gasteiger partial charge in [-0.3, -0.25) is 9.59 Å². The van der Waals surface area contributed by atoms with Gasteiger partial charge < -0.3 is 5.11 Å². The molecule has 0 aliphatic heterocycles. The minimum atomic E-state index is -0.584. The second-order valence-electron chi connectivity index (χ2n) is 8.98. The van der Waals surface area contributed by atoms with E-state index in [9.17, 15) is 14.7 Å². The second kappa shape index (κ2) is 4.94. The molecule has 4 rings (SSSR count). The van der Waals surface area contributed by atoms with Crippen LogP contribution in [-0.4, -0.2) is 16.9 Å². The van der Waals surface area contributed by atoms with Crippen LogP contribution < -0.4 is 0 Å². The van der Waals surface area contributed by atoms with E-state index in [-0.39, 0.29) is 16.7 Å². The van der Waals surface area contributed by atoms with Gasteiger partial charge in [0.05, 0.1) is 5.92 Å². The van der Waals surface area contributed by atoms with Gasteiger partial charge in [-0.1, -0.05) is 19.4 Å². The number of allylic oxidation sites excluding steroid dienone is 1. The first-order chi connectivity index (χ1) is 10.9. The molecule has 0 amide bonds. The molecule has 3 fully saturated rings. The number of carbonyl (C=O) groups is 2. The molecule has 6 atom stereocenters. The van der Waals surface area contributed by atoms with Gasteiger partial charge >= 0.3 is 5.97 Å². The number of aliphatic carboxylic acids is 1. The van der Waals surface area contributed by atoms with E-state index in [1.165, 1.54) is 5.57 Å². The fourth-order valence-electron chi connectivity index (χ4n) is 6.97. The van der Waals surface area contributed by atoms with Gasteiger partial charge in [0.15, 0.2) is 5.78 Å². The topological polar surface area (TPSA) is 54.4 Å². The van der Waals surface area contributed by atoms with E-state index >= 15 is 0 Å². The van der Waals surface area contributed by atoms with Crippen LogP contribution in [0.3, 0.4) is 0 Å². The van der Waals surface area contributed by atoms with Crippen LogP contribution in [0.2, 0.25) is 0 Å². The van der Waals surface area contributed by atoms with Crippen molar-refractivity contribution in [2.75, 3.05) is 0 Å². The summed E-state index contributed by atoms with van der Waals surface area (Å²) in [5.74, 6) is 1.46. The summed E-state index contributed by atoms with van der Waals surface area (Å²) < 4.78 is 0. The largest absolute Gasteiger partial charge is 0.481 e. The quantitative estimate of drug-likeness (QED) is 0.788. The lowest BCUT2D eigenvalue weighted by Gasteiger charge is -2.57. The summed E-state index contributed by atoms with van der Waals surface area (Å²) in [6.45, 7) is 4.63. The number of fused-ring (bicyclic) bond motifs is 5. The SMILES string of the molecule is C[C@]12CCC(=O)C=C1CC[C@@H]1[C@@H]2CC[C@]2(C)C(C(=O)O)CC[C@@H]12. The summed E-state index contributed by atoms with van der Waals surface area (Å²) >= 11 is 0. The van der Waals surface area contributed by atoms with Crippen LogP contribution in [0.25, 0.3) is 0 Å². The van der Waals surface area contributed by atoms with Crippen LogP contribution in [0.4, 0.5) is 0 Å². The number of hydrogen-bond donors (Lipinski definition) is 1. The molecule has 23 heavy (non-hydrogen) atoms. The highest BCUT2D eigenvalue weighted by atomic mass is 16.4. The van der Waals surface area contributed by atoms with Crippen LogP contribution in [0.15, 0.2) is 11.6 Å². The van der Waals surface area contributed by atoms with Crippen molar-refractivity contribution in [2.45, 2.75) is 65.2 Å². The molecular weight excluding hydrogens is 288 g/mol. The van der Waals surface area contributed by atoms with Crippen molar-refractivity contribution in [3.05, 3.63) is 11.6 Å². The highest BCUT2D eigenvalue weighted by Crippen LogP contribution is 2.66. The maximum absolute atomic E-state index is 11.8. The smallest absolute Gasteiger partial charge is 0.307 e. The van der Waals surface area contributed by atoms with Gasteiger partial charge in [-0.2, -0.15) is 0 Å². The molecule has 3 heteroatoms. The average molecular weight is 316 g/mol. The predicted octanol–water partition coefficient (Wildman–Crippen LogP) is 4.22. The van der Waals surface area contributed by atoms with E-state index in [2.05, 4.69) is 13.8 Å². The van der Waals surface area contributed by atoms with Gasteiger partial charge in [-0.05, 0) is 79.6 Å². The Morgan fingerprint density at radius 3 is 2.61 bits per heavy atom. The Bertz CT molecular complexity index is 592. The number of ketones is 1. The molecule has 4 aliphatic rings. The molecule has 1 unspecified atom stereocenters. The summed E-state index contributed by atoms with van der Waals surface area (Å²) in [4.78, 5) is 23.5. The number of rotatable bonds is 1. The van der Waals surface area contributed by atoms with Gasteiger partial charge in [0.25, 0.3) is 0 Å². The third kappa shape index (κ3) is 2.01. The van der Waals surface area contributed by atoms with E-state index in [1.807, 2.05) is 6.08 Å². The molecule has 3 nitrogen and oxygen atoms in total. The van der Waals surface area contributed by atoms with E-state index in [4.69, 9.17) is 0 Å². The second-order valence-corrected chi connectivity index (χ2v) is 8.98. The van der Waals surface area contributed by atoms with Gasteiger partial charge in [0.1, 0.15) is 0 Å². The normalized spacial score (nSPS) is 49.0. The van der Waals surface area contributed by atoms with Crippen molar-refractivity contribution < 1.29 is 14.7 Å². The van der Waals surface area contributed by atoms with Crippen LogP contribution in [0, 0.1) is 34.5 Å². The van der Waals surface area contributed by atoms with Crippen molar-refractivity contribution in [3.8, 4) is 0 Å². The maximum atomic E-state index is 11.8. The standard InChI is InChI=1S/C20H28O3/c1-19-9-7-13(21)11-12(19)3-4-14-15-5-6-17(18(22)23)20(15,2)10-8-16(14)19/h11,14-17H,3-10H2,1-2H3,(H,22,23)/t14-,15-,16-,17?,19-,20-/m0/s1. The van der Waals surface area contributed by atoms with Gasteiger partial charge in [-0.25, -0.2) is 0 Å². The lowest BCUT2D eigenvalue weighted by molar-refractivity contribution is -0.149. The summed E-state index contributed by atoms with van der Waals surface area (Å²) in [5, 5.41) is 9.63. The van der Waals surface area contributed by atoms with Crippen molar-refractivity contribution in [1.29, 1.82) is 0 Å². The third-order valence-corrected chi connectivity index (χ3v) is 8.26. The molecule has 0 saturated heterocycles. The number of carboxylic acids is 1. The molecule has 126 valence electrons. The zero-order valence-corrected chi connectivity index (χ0v) is 14.3. The Labute approximate surface area is 138 Å². The van der Waals surface area contributed by atoms with Crippen molar-refractivity contribution >= 4 is 11.8 Å². The Hall–Kier alpha value is -1.12. The van der Waals surface area contributed by atoms with Gasteiger partial charge in [0.2, 0.25) is 0 Å². The maximum Gasteiger partial charge on any atom is 0.307 e. The molecule has 0 aromatic heterocycles. The van der Waals surface area contributed by atoms with Gasteiger partial charge in [0, 0.05) is 6.42 Å². The molecule has 0 spiro atoms. The Balaban J connectivity index is 1.67. The number of carbonyl (C=O) groups excluding carboxylic acids is 1. The molecule has 1 N–H and O–H groups in total. The van der Waals surface area contributed by atoms with Crippen LogP contribution >= 0.6 is 0 Å². The Morgan fingerprint density at radius 1 is 1.09 bits per heavy atom. The number of hydrogen-bond acceptors (Lipinski definition) is 2. The zero-order valence-electron chi connectivity index (χ0n) is 14.3. The minimum Gasteiger partial charge on any atom is -0.481 e. The minimum absolute atomic E-state index is 0.00490. The van der Waals surface area contributed by atoms with Crippen LogP contribution in [0.1, 0.15) is 65.2 Å². The molecule has 0 radical (unpaired) electrons. The fraction of sp³-hybridized carbons (Fsp3) is 0.800. The van der Waals surface area contributed by atoms with Crippen LogP contribution in [-0.2, 0) is 9.59 Å². The fourth-order valence-corrected chi connectivity index (χ4v) is 6.97. The van der Waals surface area contributed by atoms with E-state index in [0.29, 0.717) is 30.0 Å². The number of carboxylic acid groups (broad SMARTS) is 1. The first-order valence-corrected chi connectivity index (χ1v) is 9.33. The molecular formula is C20H28O3. The molecule has 0 bridgehead atoms. The van der Waals surface area contributed by atoms with E-state index < -0.39 is 5.97 Å². The first-order valence-electron chi connectivity index (χ1n) is 9.33. The highest BCUT2D eigenvalue weighted by Gasteiger charge is 2.60. The lowest BCUT2D eigenvalue weighted by Crippen LogP contribution is -2.51. The predicted molar refractivity (Wildman–Crippen MR) is 87.8 cm³/mol. The molecule has 0 heterocycles. The summed E-state index contributed by atoms with van der Waals surface area (Å²) in [6.07, 6.45) is 9.99.